The van der Waals surface area contributed by atoms with Gasteiger partial charge in [0.2, 0.25) is 0 Å². The van der Waals surface area contributed by atoms with Crippen molar-refractivity contribution in [1.29, 1.82) is 0 Å². The molecule has 0 spiro atoms. The summed E-state index contributed by atoms with van der Waals surface area (Å²) in [6.45, 7) is 7.12. The van der Waals surface area contributed by atoms with Gasteiger partial charge in [0.15, 0.2) is 0 Å². The molecule has 186 valence electrons. The number of likely N-dealkylation sites (tertiary alicyclic amines) is 1. The first kappa shape index (κ1) is 24.3. The van der Waals surface area contributed by atoms with Crippen molar-refractivity contribution in [2.45, 2.75) is 64.2 Å². The second kappa shape index (κ2) is 9.25. The summed E-state index contributed by atoms with van der Waals surface area (Å²) in [5, 5.41) is 0.126. The second-order valence-electron chi connectivity index (χ2n) is 10.2. The molecule has 4 nitrogen and oxygen atoms in total. The third kappa shape index (κ3) is 4.98. The van der Waals surface area contributed by atoms with Gasteiger partial charge in [-0.25, -0.2) is 4.98 Å². The highest BCUT2D eigenvalue weighted by Crippen LogP contribution is 2.40. The molecule has 2 aromatic carbocycles. The smallest absolute Gasteiger partial charge is 0.301 e. The lowest BCUT2D eigenvalue weighted by Crippen LogP contribution is -2.42. The van der Waals surface area contributed by atoms with Crippen molar-refractivity contribution in [3.63, 3.8) is 0 Å². The average Bonchev–Trinajstić information content (AvgIpc) is 3.65. The van der Waals surface area contributed by atoms with Crippen LogP contribution in [0, 0.1) is 5.92 Å². The van der Waals surface area contributed by atoms with E-state index >= 15 is 0 Å². The molecule has 0 bridgehead atoms. The first-order chi connectivity index (χ1) is 16.6. The molecule has 1 saturated heterocycles. The molecule has 1 aromatic heterocycles. The Bertz CT molecular complexity index is 1310. The van der Waals surface area contributed by atoms with E-state index in [1.165, 1.54) is 12.1 Å². The summed E-state index contributed by atoms with van der Waals surface area (Å²) < 4.78 is 41.2. The van der Waals surface area contributed by atoms with Gasteiger partial charge in [-0.3, -0.25) is 9.36 Å². The number of piperidine rings is 1. The van der Waals surface area contributed by atoms with E-state index in [0.29, 0.717) is 46.5 Å². The Labute approximate surface area is 207 Å². The molecule has 0 N–H and O–H groups in total. The largest absolute Gasteiger partial charge is 0.417 e. The number of aromatic nitrogens is 2. The van der Waals surface area contributed by atoms with Gasteiger partial charge in [-0.1, -0.05) is 23.7 Å². The molecule has 1 saturated carbocycles. The molecular weight excluding hydrogens is 475 g/mol. The van der Waals surface area contributed by atoms with Gasteiger partial charge in [-0.05, 0) is 87.4 Å². The number of nitrogens with zero attached hydrogens (tertiary/aromatic N) is 3. The van der Waals surface area contributed by atoms with Crippen molar-refractivity contribution in [3.8, 4) is 11.1 Å². The van der Waals surface area contributed by atoms with Gasteiger partial charge in [-0.15, -0.1) is 0 Å². The van der Waals surface area contributed by atoms with E-state index < -0.39 is 11.7 Å². The van der Waals surface area contributed by atoms with Crippen molar-refractivity contribution in [3.05, 3.63) is 63.2 Å². The van der Waals surface area contributed by atoms with Crippen LogP contribution in [0.15, 0.2) is 41.2 Å². The predicted molar refractivity (Wildman–Crippen MR) is 133 cm³/mol. The Morgan fingerprint density at radius 3 is 2.46 bits per heavy atom. The zero-order valence-corrected chi connectivity index (χ0v) is 20.7. The lowest BCUT2D eigenvalue weighted by atomic mass is 9.96. The highest BCUT2D eigenvalue weighted by molar-refractivity contribution is 6.31. The van der Waals surface area contributed by atoms with Crippen molar-refractivity contribution in [2.75, 3.05) is 13.1 Å². The summed E-state index contributed by atoms with van der Waals surface area (Å²) in [4.78, 5) is 21.1. The molecule has 5 rings (SSSR count). The highest BCUT2D eigenvalue weighted by Gasteiger charge is 2.33. The standard InChI is InChI=1S/C27H29ClF3N3O/c1-16(2)33-11-3-4-17(14-33)15-34-25(18-5-6-18)32-24-10-8-19(12-21(24)26(34)35)20-7-9-22(23(28)13-20)27(29,30)31/h7-10,12-13,16-18H,3-6,11,14-15H2,1-2H3/t17-/m0/s1. The normalized spacial score (nSPS) is 19.6. The van der Waals surface area contributed by atoms with Crippen LogP contribution in [0.4, 0.5) is 13.2 Å². The number of alkyl halides is 3. The Kier molecular flexibility index (Phi) is 6.43. The molecule has 0 radical (unpaired) electrons. The van der Waals surface area contributed by atoms with E-state index in [-0.39, 0.29) is 10.6 Å². The van der Waals surface area contributed by atoms with Gasteiger partial charge >= 0.3 is 6.18 Å². The fourth-order valence-corrected chi connectivity index (χ4v) is 5.43. The van der Waals surface area contributed by atoms with Crippen LogP contribution in [-0.2, 0) is 12.7 Å². The zero-order valence-electron chi connectivity index (χ0n) is 19.9. The highest BCUT2D eigenvalue weighted by atomic mass is 35.5. The van der Waals surface area contributed by atoms with E-state index in [4.69, 9.17) is 16.6 Å². The van der Waals surface area contributed by atoms with Crippen LogP contribution in [0.2, 0.25) is 5.02 Å². The van der Waals surface area contributed by atoms with Crippen molar-refractivity contribution in [2.24, 2.45) is 5.92 Å². The maximum atomic E-state index is 13.7. The van der Waals surface area contributed by atoms with Crippen molar-refractivity contribution < 1.29 is 13.2 Å². The number of halogens is 4. The SMILES string of the molecule is CC(C)N1CCC[C@H](Cn2c(C3CC3)nc3ccc(-c4ccc(C(F)(F)F)c(Cl)c4)cc3c2=O)C1. The molecule has 3 aromatic rings. The maximum Gasteiger partial charge on any atom is 0.417 e. The molecular formula is C27H29ClF3N3O. The fraction of sp³-hybridized carbons (Fsp3) is 0.481. The molecule has 2 aliphatic rings. The van der Waals surface area contributed by atoms with E-state index in [1.54, 1.807) is 18.2 Å². The van der Waals surface area contributed by atoms with Gasteiger partial charge in [-0.2, -0.15) is 13.2 Å². The van der Waals surface area contributed by atoms with Crippen LogP contribution in [0.3, 0.4) is 0 Å². The van der Waals surface area contributed by atoms with Gasteiger partial charge in [0.25, 0.3) is 5.56 Å². The molecule has 2 heterocycles. The van der Waals surface area contributed by atoms with Crippen molar-refractivity contribution >= 4 is 22.5 Å². The van der Waals surface area contributed by atoms with Gasteiger partial charge in [0.05, 0.1) is 21.5 Å². The van der Waals surface area contributed by atoms with E-state index in [1.807, 2.05) is 4.57 Å². The number of hydrogen-bond acceptors (Lipinski definition) is 3. The van der Waals surface area contributed by atoms with Crippen LogP contribution in [0.5, 0.6) is 0 Å². The number of rotatable bonds is 5. The Balaban J connectivity index is 1.53. The van der Waals surface area contributed by atoms with Crippen LogP contribution in [0.1, 0.15) is 56.8 Å². The summed E-state index contributed by atoms with van der Waals surface area (Å²) in [5.74, 6) is 1.58. The minimum absolute atomic E-state index is 0.0709. The summed E-state index contributed by atoms with van der Waals surface area (Å²) in [7, 11) is 0. The Morgan fingerprint density at radius 2 is 1.80 bits per heavy atom. The van der Waals surface area contributed by atoms with Crippen LogP contribution in [-0.4, -0.2) is 33.6 Å². The van der Waals surface area contributed by atoms with Gasteiger partial charge < -0.3 is 4.90 Å². The predicted octanol–water partition coefficient (Wildman–Crippen LogP) is 6.73. The zero-order chi connectivity index (χ0) is 24.9. The van der Waals surface area contributed by atoms with Gasteiger partial charge in [0, 0.05) is 25.0 Å². The summed E-state index contributed by atoms with van der Waals surface area (Å²) in [5.41, 5.74) is 0.855. The first-order valence-corrected chi connectivity index (χ1v) is 12.7. The Morgan fingerprint density at radius 1 is 1.09 bits per heavy atom. The molecule has 0 unspecified atom stereocenters. The number of benzene rings is 2. The third-order valence-corrected chi connectivity index (χ3v) is 7.57. The third-order valence-electron chi connectivity index (χ3n) is 7.26. The Hall–Kier alpha value is -2.38. The molecule has 2 fully saturated rings. The maximum absolute atomic E-state index is 13.7. The van der Waals surface area contributed by atoms with E-state index in [0.717, 1.165) is 50.7 Å². The van der Waals surface area contributed by atoms with Crippen molar-refractivity contribution in [1.82, 2.24) is 14.5 Å². The minimum Gasteiger partial charge on any atom is -0.301 e. The molecule has 1 aliphatic carbocycles. The summed E-state index contributed by atoms with van der Waals surface area (Å²) in [6, 6.07) is 9.47. The average molecular weight is 504 g/mol. The van der Waals surface area contributed by atoms with Gasteiger partial charge in [0.1, 0.15) is 5.82 Å². The monoisotopic (exact) mass is 503 g/mol. The second-order valence-corrected chi connectivity index (χ2v) is 10.6. The molecule has 1 aliphatic heterocycles. The first-order valence-electron chi connectivity index (χ1n) is 12.3. The quantitative estimate of drug-likeness (QED) is 0.387. The lowest BCUT2D eigenvalue weighted by Gasteiger charge is -2.35. The fourth-order valence-electron chi connectivity index (χ4n) is 5.15. The number of fused-ring (bicyclic) bond motifs is 1. The number of hydrogen-bond donors (Lipinski definition) is 0. The van der Waals surface area contributed by atoms with Crippen LogP contribution >= 0.6 is 11.6 Å². The minimum atomic E-state index is -4.51. The lowest BCUT2D eigenvalue weighted by molar-refractivity contribution is -0.137. The van der Waals surface area contributed by atoms with E-state index in [9.17, 15) is 18.0 Å². The topological polar surface area (TPSA) is 38.1 Å². The van der Waals surface area contributed by atoms with Crippen LogP contribution in [0.25, 0.3) is 22.0 Å². The summed E-state index contributed by atoms with van der Waals surface area (Å²) in [6.07, 6.45) is -0.218. The van der Waals surface area contributed by atoms with E-state index in [2.05, 4.69) is 18.7 Å². The molecule has 1 atom stereocenters. The van der Waals surface area contributed by atoms with Crippen LogP contribution < -0.4 is 5.56 Å². The molecule has 0 amide bonds. The molecule has 35 heavy (non-hydrogen) atoms. The summed E-state index contributed by atoms with van der Waals surface area (Å²) >= 11 is 5.94. The molecule has 8 heteroatoms.